The first-order valence-electron chi connectivity index (χ1n) is 7.12. The van der Waals surface area contributed by atoms with Gasteiger partial charge in [0.25, 0.3) is 5.91 Å². The molecule has 0 aliphatic heterocycles. The van der Waals surface area contributed by atoms with E-state index in [0.717, 1.165) is 9.94 Å². The fourth-order valence-corrected chi connectivity index (χ4v) is 2.93. The van der Waals surface area contributed by atoms with Crippen molar-refractivity contribution in [3.63, 3.8) is 0 Å². The second-order valence-corrected chi connectivity index (χ2v) is 6.27. The van der Waals surface area contributed by atoms with E-state index in [4.69, 9.17) is 4.84 Å². The maximum Gasteiger partial charge on any atom is 0.471 e. The molecule has 3 heterocycles. The van der Waals surface area contributed by atoms with Gasteiger partial charge in [-0.25, -0.2) is 5.06 Å². The molecule has 12 heteroatoms. The van der Waals surface area contributed by atoms with Crippen LogP contribution in [0.4, 0.5) is 13.2 Å². The minimum Gasteiger partial charge on any atom is -0.329 e. The molecule has 0 aromatic carbocycles. The van der Waals surface area contributed by atoms with Gasteiger partial charge in [0.15, 0.2) is 0 Å². The van der Waals surface area contributed by atoms with Gasteiger partial charge in [-0.3, -0.25) is 14.3 Å². The molecule has 0 fully saturated rings. The Morgan fingerprint density at radius 1 is 1.42 bits per heavy atom. The molecule has 0 aliphatic rings. The van der Waals surface area contributed by atoms with Gasteiger partial charge in [0.1, 0.15) is 0 Å². The van der Waals surface area contributed by atoms with E-state index < -0.39 is 12.1 Å². The lowest BCUT2D eigenvalue weighted by Gasteiger charge is -2.11. The zero-order valence-electron chi connectivity index (χ0n) is 13.5. The Bertz CT molecular complexity index is 917. The highest BCUT2D eigenvalue weighted by atomic mass is 32.1. The van der Waals surface area contributed by atoms with Crippen molar-refractivity contribution in [1.29, 1.82) is 0 Å². The molecule has 0 spiro atoms. The second-order valence-electron chi connectivity index (χ2n) is 5.10. The molecule has 138 valence electrons. The summed E-state index contributed by atoms with van der Waals surface area (Å²) in [4.78, 5) is 21.3. The van der Waals surface area contributed by atoms with Crippen LogP contribution in [0.5, 0.6) is 0 Å². The van der Waals surface area contributed by atoms with Crippen LogP contribution in [0.25, 0.3) is 10.7 Å². The molecular formula is C14H12F3N5O3S. The first-order chi connectivity index (χ1) is 12.3. The van der Waals surface area contributed by atoms with Crippen molar-refractivity contribution in [2.75, 3.05) is 14.2 Å². The normalized spacial score (nSPS) is 11.7. The Morgan fingerprint density at radius 3 is 2.85 bits per heavy atom. The van der Waals surface area contributed by atoms with E-state index in [-0.39, 0.29) is 11.7 Å². The fraction of sp³-hybridized carbons (Fsp3) is 0.286. The number of amides is 1. The number of rotatable bonds is 5. The van der Waals surface area contributed by atoms with Gasteiger partial charge in [-0.05, 0) is 12.1 Å². The van der Waals surface area contributed by atoms with Crippen molar-refractivity contribution >= 4 is 17.2 Å². The topological polar surface area (TPSA) is 86.3 Å². The Hall–Kier alpha value is -2.73. The van der Waals surface area contributed by atoms with E-state index in [9.17, 15) is 18.0 Å². The summed E-state index contributed by atoms with van der Waals surface area (Å²) < 4.78 is 43.3. The van der Waals surface area contributed by atoms with Crippen molar-refractivity contribution in [2.45, 2.75) is 12.7 Å². The molecule has 0 atom stereocenters. The highest BCUT2D eigenvalue weighted by Gasteiger charge is 2.38. The van der Waals surface area contributed by atoms with E-state index in [0.29, 0.717) is 17.0 Å². The Kier molecular flexibility index (Phi) is 4.78. The third kappa shape index (κ3) is 3.75. The van der Waals surface area contributed by atoms with E-state index in [1.54, 1.807) is 18.3 Å². The number of alkyl halides is 3. The van der Waals surface area contributed by atoms with Gasteiger partial charge < -0.3 is 4.52 Å². The molecule has 0 saturated carbocycles. The van der Waals surface area contributed by atoms with Crippen LogP contribution < -0.4 is 0 Å². The first-order valence-corrected chi connectivity index (χ1v) is 7.94. The number of carbonyl (C=O) groups is 1. The number of halogens is 3. The van der Waals surface area contributed by atoms with Gasteiger partial charge in [0.2, 0.25) is 5.82 Å². The number of thiophene rings is 1. The number of aromatic nitrogens is 4. The quantitative estimate of drug-likeness (QED) is 0.626. The molecule has 0 unspecified atom stereocenters. The summed E-state index contributed by atoms with van der Waals surface area (Å²) >= 11 is 1.20. The van der Waals surface area contributed by atoms with Crippen LogP contribution in [-0.4, -0.2) is 45.0 Å². The predicted molar refractivity (Wildman–Crippen MR) is 83.0 cm³/mol. The van der Waals surface area contributed by atoms with Crippen LogP contribution in [-0.2, 0) is 17.6 Å². The van der Waals surface area contributed by atoms with Gasteiger partial charge in [0, 0.05) is 18.1 Å². The summed E-state index contributed by atoms with van der Waals surface area (Å²) in [6.07, 6.45) is -1.73. The first kappa shape index (κ1) is 18.1. The van der Waals surface area contributed by atoms with Gasteiger partial charge in [-0.2, -0.15) is 23.3 Å². The maximum absolute atomic E-state index is 12.5. The number of nitrogens with zero attached hydrogens (tertiary/aromatic N) is 5. The number of hydrogen-bond donors (Lipinski definition) is 0. The van der Waals surface area contributed by atoms with E-state index in [1.165, 1.54) is 36.4 Å². The Balaban J connectivity index is 1.72. The number of carbonyl (C=O) groups excluding carboxylic acids is 1. The Morgan fingerprint density at radius 2 is 2.19 bits per heavy atom. The van der Waals surface area contributed by atoms with Crippen LogP contribution in [0.1, 0.15) is 21.1 Å². The molecule has 0 saturated heterocycles. The highest BCUT2D eigenvalue weighted by molar-refractivity contribution is 7.15. The fourth-order valence-electron chi connectivity index (χ4n) is 2.01. The lowest BCUT2D eigenvalue weighted by atomic mass is 10.3. The lowest BCUT2D eigenvalue weighted by Crippen LogP contribution is -2.24. The van der Waals surface area contributed by atoms with E-state index in [1.807, 2.05) is 0 Å². The second kappa shape index (κ2) is 6.88. The number of hydroxylamine groups is 2. The average Bonchev–Trinajstić information content (AvgIpc) is 3.32. The van der Waals surface area contributed by atoms with Crippen LogP contribution >= 0.6 is 11.3 Å². The molecular weight excluding hydrogens is 375 g/mol. The summed E-state index contributed by atoms with van der Waals surface area (Å²) in [5.74, 6) is -1.87. The number of hydrogen-bond acceptors (Lipinski definition) is 7. The molecule has 3 aromatic rings. The van der Waals surface area contributed by atoms with Gasteiger partial charge in [-0.15, -0.1) is 11.3 Å². The average molecular weight is 387 g/mol. The minimum absolute atomic E-state index is 0.133. The van der Waals surface area contributed by atoms with Crippen molar-refractivity contribution in [1.82, 2.24) is 25.0 Å². The molecule has 8 nitrogen and oxygen atoms in total. The molecule has 0 radical (unpaired) electrons. The third-order valence-electron chi connectivity index (χ3n) is 3.31. The monoisotopic (exact) mass is 387 g/mol. The van der Waals surface area contributed by atoms with Crippen LogP contribution in [0.3, 0.4) is 0 Å². The summed E-state index contributed by atoms with van der Waals surface area (Å²) in [5.41, 5.74) is 0.346. The third-order valence-corrected chi connectivity index (χ3v) is 4.37. The van der Waals surface area contributed by atoms with Gasteiger partial charge in [0.05, 0.1) is 30.3 Å². The molecule has 26 heavy (non-hydrogen) atoms. The zero-order chi connectivity index (χ0) is 18.9. The summed E-state index contributed by atoms with van der Waals surface area (Å²) in [7, 11) is 2.85. The molecule has 0 bridgehead atoms. The molecule has 0 N–H and O–H groups in total. The summed E-state index contributed by atoms with van der Waals surface area (Å²) in [6.45, 7) is 0.332. The van der Waals surface area contributed by atoms with Crippen molar-refractivity contribution < 1.29 is 27.3 Å². The van der Waals surface area contributed by atoms with Crippen LogP contribution in [0.15, 0.2) is 29.0 Å². The molecule has 0 aliphatic carbocycles. The summed E-state index contributed by atoms with van der Waals surface area (Å²) in [6, 6.07) is 3.31. The lowest BCUT2D eigenvalue weighted by molar-refractivity contribution is -0.159. The Labute approximate surface area is 148 Å². The van der Waals surface area contributed by atoms with Gasteiger partial charge >= 0.3 is 12.1 Å². The zero-order valence-corrected chi connectivity index (χ0v) is 14.3. The predicted octanol–water partition coefficient (Wildman–Crippen LogP) is 2.70. The van der Waals surface area contributed by atoms with Gasteiger partial charge in [-0.1, -0.05) is 5.16 Å². The largest absolute Gasteiger partial charge is 0.471 e. The standard InChI is InChI=1S/C14H12F3N5O3S/c1-21(24-2)12(23)8-5-18-22(6-8)7-9-3-4-10(26-9)11-19-13(25-20-11)14(15,16)17/h3-6H,7H2,1-2H3. The summed E-state index contributed by atoms with van der Waals surface area (Å²) in [5, 5.41) is 8.51. The minimum atomic E-state index is -4.68. The SMILES string of the molecule is CON(C)C(=O)c1cnn(Cc2ccc(-c3noc(C(F)(F)F)n3)s2)c1. The van der Waals surface area contributed by atoms with Crippen molar-refractivity contribution in [3.8, 4) is 10.7 Å². The molecule has 3 aromatic heterocycles. The van der Waals surface area contributed by atoms with Crippen LogP contribution in [0.2, 0.25) is 0 Å². The van der Waals surface area contributed by atoms with Crippen LogP contribution in [0, 0.1) is 0 Å². The molecule has 3 rings (SSSR count). The van der Waals surface area contributed by atoms with E-state index >= 15 is 0 Å². The maximum atomic E-state index is 12.5. The smallest absolute Gasteiger partial charge is 0.329 e. The highest BCUT2D eigenvalue weighted by Crippen LogP contribution is 2.31. The van der Waals surface area contributed by atoms with E-state index in [2.05, 4.69) is 19.8 Å². The molecule has 1 amide bonds. The van der Waals surface area contributed by atoms with Crippen molar-refractivity contribution in [2.24, 2.45) is 0 Å². The van der Waals surface area contributed by atoms with Crippen molar-refractivity contribution in [3.05, 3.63) is 40.9 Å².